The van der Waals surface area contributed by atoms with E-state index in [4.69, 9.17) is 4.74 Å². The molecule has 5 heteroatoms. The molecule has 0 amide bonds. The molecule has 116 valence electrons. The maximum atomic E-state index is 11.4. The first-order valence-electron chi connectivity index (χ1n) is 7.63. The summed E-state index contributed by atoms with van der Waals surface area (Å²) >= 11 is 0. The zero-order valence-electron chi connectivity index (χ0n) is 12.4. The molecule has 1 unspecified atom stereocenters. The summed E-state index contributed by atoms with van der Waals surface area (Å²) in [6.45, 7) is 0.842. The normalized spacial score (nSPS) is 30.8. The molecule has 0 bridgehead atoms. The molecule has 0 aromatic heterocycles. The molecule has 1 atom stereocenters. The van der Waals surface area contributed by atoms with Gasteiger partial charge in [-0.05, 0) is 55.3 Å². The first-order valence-corrected chi connectivity index (χ1v) is 9.45. The van der Waals surface area contributed by atoms with Crippen LogP contribution in [0.3, 0.4) is 0 Å². The Morgan fingerprint density at radius 1 is 1.33 bits per heavy atom. The first kappa shape index (κ1) is 14.9. The Balaban J connectivity index is 1.44. The lowest BCUT2D eigenvalue weighted by molar-refractivity contribution is 0.279. The van der Waals surface area contributed by atoms with E-state index in [1.165, 1.54) is 5.56 Å². The van der Waals surface area contributed by atoms with Crippen LogP contribution in [0.15, 0.2) is 24.3 Å². The van der Waals surface area contributed by atoms with Crippen LogP contribution in [0.2, 0.25) is 0 Å². The predicted molar refractivity (Wildman–Crippen MR) is 83.5 cm³/mol. The number of hydrogen-bond donors (Lipinski definition) is 1. The lowest BCUT2D eigenvalue weighted by atomic mass is 9.75. The molecule has 2 aliphatic rings. The Bertz CT molecular complexity index is 593. The fraction of sp³-hybridized carbons (Fsp3) is 0.625. The number of benzene rings is 1. The fourth-order valence-corrected chi connectivity index (χ4v) is 5.18. The Hall–Kier alpha value is -1.07. The van der Waals surface area contributed by atoms with Crippen molar-refractivity contribution in [2.75, 3.05) is 25.2 Å². The van der Waals surface area contributed by atoms with Crippen LogP contribution in [0.1, 0.15) is 30.7 Å². The number of hydrogen-bond acceptors (Lipinski definition) is 4. The van der Waals surface area contributed by atoms with Crippen molar-refractivity contribution in [3.8, 4) is 5.75 Å². The van der Waals surface area contributed by atoms with Crippen molar-refractivity contribution in [3.63, 3.8) is 0 Å². The van der Waals surface area contributed by atoms with Gasteiger partial charge in [0.2, 0.25) is 0 Å². The molecule has 1 heterocycles. The van der Waals surface area contributed by atoms with Gasteiger partial charge in [0.15, 0.2) is 9.84 Å². The van der Waals surface area contributed by atoms with Crippen molar-refractivity contribution >= 4 is 9.84 Å². The van der Waals surface area contributed by atoms with E-state index in [0.717, 1.165) is 31.6 Å². The van der Waals surface area contributed by atoms with Gasteiger partial charge in [-0.2, -0.15) is 0 Å². The summed E-state index contributed by atoms with van der Waals surface area (Å²) in [5.74, 6) is 2.57. The predicted octanol–water partition coefficient (Wildman–Crippen LogP) is 1.97. The Morgan fingerprint density at radius 2 is 2.14 bits per heavy atom. The molecule has 0 spiro atoms. The third-order valence-corrected chi connectivity index (χ3v) is 6.56. The van der Waals surface area contributed by atoms with Gasteiger partial charge in [-0.25, -0.2) is 8.42 Å². The molecule has 1 aromatic rings. The molecular weight excluding hydrogens is 286 g/mol. The minimum absolute atomic E-state index is 0.311. The molecule has 1 saturated carbocycles. The molecule has 1 N–H and O–H groups in total. The van der Waals surface area contributed by atoms with Gasteiger partial charge in [-0.3, -0.25) is 0 Å². The summed E-state index contributed by atoms with van der Waals surface area (Å²) in [7, 11) is -1.05. The fourth-order valence-electron chi connectivity index (χ4n) is 3.32. The van der Waals surface area contributed by atoms with Crippen molar-refractivity contribution in [2.45, 2.75) is 31.2 Å². The summed E-state index contributed by atoms with van der Waals surface area (Å²) < 4.78 is 28.1. The van der Waals surface area contributed by atoms with Gasteiger partial charge in [0.05, 0.1) is 18.6 Å². The second-order valence-electron chi connectivity index (χ2n) is 6.32. The van der Waals surface area contributed by atoms with E-state index >= 15 is 0 Å². The number of nitrogens with one attached hydrogen (secondary N) is 1. The van der Waals surface area contributed by atoms with Crippen molar-refractivity contribution in [1.82, 2.24) is 5.32 Å². The van der Waals surface area contributed by atoms with E-state index in [1.54, 1.807) is 7.11 Å². The molecule has 1 aromatic carbocycles. The SMILES string of the molecule is COc1cccc(C2CC(NCC3CCS(=O)(=O)C3)C2)c1. The van der Waals surface area contributed by atoms with Crippen LogP contribution in [0.5, 0.6) is 5.75 Å². The number of rotatable bonds is 5. The summed E-state index contributed by atoms with van der Waals surface area (Å²) in [6.07, 6.45) is 3.08. The van der Waals surface area contributed by atoms with Crippen molar-refractivity contribution in [3.05, 3.63) is 29.8 Å². The van der Waals surface area contributed by atoms with Gasteiger partial charge in [-0.15, -0.1) is 0 Å². The maximum absolute atomic E-state index is 11.4. The average molecular weight is 309 g/mol. The van der Waals surface area contributed by atoms with Crippen LogP contribution >= 0.6 is 0 Å². The van der Waals surface area contributed by atoms with E-state index in [2.05, 4.69) is 17.4 Å². The molecule has 21 heavy (non-hydrogen) atoms. The Kier molecular flexibility index (Phi) is 4.22. The highest BCUT2D eigenvalue weighted by Gasteiger charge is 2.32. The number of ether oxygens (including phenoxy) is 1. The van der Waals surface area contributed by atoms with Gasteiger partial charge in [0, 0.05) is 6.04 Å². The molecule has 3 rings (SSSR count). The zero-order valence-corrected chi connectivity index (χ0v) is 13.2. The molecular formula is C16H23NO3S. The van der Waals surface area contributed by atoms with E-state index in [9.17, 15) is 8.42 Å². The minimum atomic E-state index is -2.75. The number of sulfone groups is 1. The second kappa shape index (κ2) is 5.97. The summed E-state index contributed by atoms with van der Waals surface area (Å²) in [4.78, 5) is 0. The Labute approximate surface area is 126 Å². The van der Waals surface area contributed by atoms with E-state index in [-0.39, 0.29) is 0 Å². The largest absolute Gasteiger partial charge is 0.497 e. The average Bonchev–Trinajstić information content (AvgIpc) is 2.77. The Morgan fingerprint density at radius 3 is 2.81 bits per heavy atom. The van der Waals surface area contributed by atoms with Gasteiger partial charge in [0.25, 0.3) is 0 Å². The van der Waals surface area contributed by atoms with E-state index in [1.807, 2.05) is 12.1 Å². The maximum Gasteiger partial charge on any atom is 0.150 e. The third-order valence-electron chi connectivity index (χ3n) is 4.73. The van der Waals surface area contributed by atoms with Crippen LogP contribution in [-0.4, -0.2) is 39.6 Å². The summed E-state index contributed by atoms with van der Waals surface area (Å²) in [6, 6.07) is 8.82. The monoisotopic (exact) mass is 309 g/mol. The van der Waals surface area contributed by atoms with Gasteiger partial charge in [-0.1, -0.05) is 12.1 Å². The molecule has 0 radical (unpaired) electrons. The highest BCUT2D eigenvalue weighted by molar-refractivity contribution is 7.91. The van der Waals surface area contributed by atoms with Crippen LogP contribution in [-0.2, 0) is 9.84 Å². The molecule has 1 aliphatic carbocycles. The van der Waals surface area contributed by atoms with E-state index in [0.29, 0.717) is 29.4 Å². The van der Waals surface area contributed by atoms with Crippen molar-refractivity contribution < 1.29 is 13.2 Å². The van der Waals surface area contributed by atoms with E-state index < -0.39 is 9.84 Å². The standard InChI is InChI=1S/C16H23NO3S/c1-20-16-4-2-3-13(9-16)14-7-15(8-14)17-10-12-5-6-21(18,19)11-12/h2-4,9,12,14-15,17H,5-8,10-11H2,1H3. The third kappa shape index (κ3) is 3.58. The number of methoxy groups -OCH3 is 1. The topological polar surface area (TPSA) is 55.4 Å². The van der Waals surface area contributed by atoms with Crippen LogP contribution in [0.4, 0.5) is 0 Å². The minimum Gasteiger partial charge on any atom is -0.497 e. The van der Waals surface area contributed by atoms with Crippen molar-refractivity contribution in [2.24, 2.45) is 5.92 Å². The van der Waals surface area contributed by atoms with Gasteiger partial charge >= 0.3 is 0 Å². The smallest absolute Gasteiger partial charge is 0.150 e. The summed E-state index contributed by atoms with van der Waals surface area (Å²) in [5, 5.41) is 3.53. The van der Waals surface area contributed by atoms with Crippen LogP contribution in [0.25, 0.3) is 0 Å². The van der Waals surface area contributed by atoms with Crippen LogP contribution in [0, 0.1) is 5.92 Å². The van der Waals surface area contributed by atoms with Gasteiger partial charge in [0.1, 0.15) is 5.75 Å². The van der Waals surface area contributed by atoms with Crippen molar-refractivity contribution in [1.29, 1.82) is 0 Å². The van der Waals surface area contributed by atoms with Crippen LogP contribution < -0.4 is 10.1 Å². The molecule has 1 aliphatic heterocycles. The zero-order chi connectivity index (χ0) is 14.9. The molecule has 2 fully saturated rings. The molecule has 4 nitrogen and oxygen atoms in total. The lowest BCUT2D eigenvalue weighted by Crippen LogP contribution is -2.42. The second-order valence-corrected chi connectivity index (χ2v) is 8.55. The lowest BCUT2D eigenvalue weighted by Gasteiger charge is -2.37. The highest BCUT2D eigenvalue weighted by atomic mass is 32.2. The highest BCUT2D eigenvalue weighted by Crippen LogP contribution is 2.38. The quantitative estimate of drug-likeness (QED) is 0.903. The molecule has 1 saturated heterocycles. The first-order chi connectivity index (χ1) is 10.1. The van der Waals surface area contributed by atoms with Gasteiger partial charge < -0.3 is 10.1 Å². The summed E-state index contributed by atoms with van der Waals surface area (Å²) in [5.41, 5.74) is 1.34.